The fourth-order valence-corrected chi connectivity index (χ4v) is 6.44. The molecule has 0 radical (unpaired) electrons. The molecule has 2 aromatic carbocycles. The van der Waals surface area contributed by atoms with Crippen LogP contribution < -0.4 is 0 Å². The molecule has 0 saturated carbocycles. The second-order valence-corrected chi connectivity index (χ2v) is 10.5. The van der Waals surface area contributed by atoms with E-state index in [9.17, 15) is 14.7 Å². The molecular weight excluding hydrogens is 438 g/mol. The van der Waals surface area contributed by atoms with Gasteiger partial charge in [-0.1, -0.05) is 68.3 Å². The third-order valence-corrected chi connectivity index (χ3v) is 8.34. The zero-order valence-electron chi connectivity index (χ0n) is 21.1. The van der Waals surface area contributed by atoms with Crippen molar-refractivity contribution in [3.63, 3.8) is 0 Å². The Hall–Kier alpha value is -2.92. The van der Waals surface area contributed by atoms with Crippen LogP contribution in [0.3, 0.4) is 0 Å². The van der Waals surface area contributed by atoms with Gasteiger partial charge in [0.2, 0.25) is 11.8 Å². The van der Waals surface area contributed by atoms with Gasteiger partial charge >= 0.3 is 0 Å². The van der Waals surface area contributed by atoms with Crippen LogP contribution in [0.5, 0.6) is 5.75 Å². The number of imide groups is 1. The molecule has 2 aromatic rings. The van der Waals surface area contributed by atoms with Crippen molar-refractivity contribution >= 4 is 28.7 Å². The highest BCUT2D eigenvalue weighted by atomic mass is 16.5. The fourth-order valence-electron chi connectivity index (χ4n) is 6.44. The maximum absolute atomic E-state index is 12.9. The van der Waals surface area contributed by atoms with E-state index in [1.807, 2.05) is 30.3 Å². The van der Waals surface area contributed by atoms with E-state index in [0.29, 0.717) is 24.7 Å². The van der Waals surface area contributed by atoms with Crippen LogP contribution in [0.4, 0.5) is 0 Å². The van der Waals surface area contributed by atoms with Gasteiger partial charge in [0, 0.05) is 18.4 Å². The first kappa shape index (κ1) is 23.8. The Labute approximate surface area is 207 Å². The molecule has 2 fully saturated rings. The number of rotatable bonds is 6. The van der Waals surface area contributed by atoms with E-state index in [4.69, 9.17) is 4.74 Å². The molecule has 0 unspecified atom stereocenters. The van der Waals surface area contributed by atoms with Gasteiger partial charge in [-0.25, -0.2) is 0 Å². The first-order valence-corrected chi connectivity index (χ1v) is 12.9. The van der Waals surface area contributed by atoms with Gasteiger partial charge in [0.15, 0.2) is 0 Å². The number of carbonyl (C=O) groups excluding carboxylic acids is 2. The van der Waals surface area contributed by atoms with Crippen LogP contribution in [0.2, 0.25) is 0 Å². The quantitative estimate of drug-likeness (QED) is 0.430. The normalized spacial score (nSPS) is 26.8. The summed E-state index contributed by atoms with van der Waals surface area (Å²) >= 11 is 0. The highest BCUT2D eigenvalue weighted by Gasteiger charge is 2.56. The van der Waals surface area contributed by atoms with Gasteiger partial charge < -0.3 is 9.84 Å². The van der Waals surface area contributed by atoms with Gasteiger partial charge in [-0.15, -0.1) is 0 Å². The number of likely N-dealkylation sites (tertiary alicyclic amines) is 1. The van der Waals surface area contributed by atoms with Crippen molar-refractivity contribution in [1.82, 2.24) is 4.90 Å². The number of allylic oxidation sites excluding steroid dienone is 2. The summed E-state index contributed by atoms with van der Waals surface area (Å²) < 4.78 is 6.34. The van der Waals surface area contributed by atoms with Gasteiger partial charge in [-0.2, -0.15) is 0 Å². The van der Waals surface area contributed by atoms with Gasteiger partial charge in [0.1, 0.15) is 5.75 Å². The van der Waals surface area contributed by atoms with E-state index in [1.165, 1.54) is 21.6 Å². The third kappa shape index (κ3) is 4.00. The van der Waals surface area contributed by atoms with E-state index < -0.39 is 0 Å². The maximum atomic E-state index is 12.9. The summed E-state index contributed by atoms with van der Waals surface area (Å²) in [5.41, 5.74) is 5.06. The van der Waals surface area contributed by atoms with E-state index >= 15 is 0 Å². The van der Waals surface area contributed by atoms with Crippen molar-refractivity contribution in [2.45, 2.75) is 52.6 Å². The second kappa shape index (κ2) is 9.27. The lowest BCUT2D eigenvalue weighted by molar-refractivity contribution is -0.138. The average molecular weight is 474 g/mol. The van der Waals surface area contributed by atoms with Crippen LogP contribution in [0.1, 0.15) is 52.0 Å². The van der Waals surface area contributed by atoms with Crippen LogP contribution in [-0.2, 0) is 14.3 Å². The van der Waals surface area contributed by atoms with E-state index in [1.54, 1.807) is 13.1 Å². The number of hydrogen-bond acceptors (Lipinski definition) is 4. The highest BCUT2D eigenvalue weighted by molar-refractivity contribution is 6.05. The van der Waals surface area contributed by atoms with Gasteiger partial charge in [-0.3, -0.25) is 14.5 Å². The van der Waals surface area contributed by atoms with Crippen molar-refractivity contribution in [2.24, 2.45) is 23.7 Å². The number of benzene rings is 2. The molecule has 2 amide bonds. The predicted molar refractivity (Wildman–Crippen MR) is 138 cm³/mol. The number of hydrogen-bond donors (Lipinski definition) is 1. The topological polar surface area (TPSA) is 66.8 Å². The summed E-state index contributed by atoms with van der Waals surface area (Å²) in [6.45, 7) is 7.08. The number of fused-ring (bicyclic) bond motifs is 4. The molecule has 5 rings (SSSR count). The van der Waals surface area contributed by atoms with Crippen LogP contribution in [-0.4, -0.2) is 41.6 Å². The molecule has 2 heterocycles. The summed E-state index contributed by atoms with van der Waals surface area (Å²) in [6.07, 6.45) is 5.63. The molecule has 184 valence electrons. The smallest absolute Gasteiger partial charge is 0.233 e. The molecule has 2 aliphatic heterocycles. The predicted octanol–water partition coefficient (Wildman–Crippen LogP) is 5.72. The van der Waals surface area contributed by atoms with Crippen LogP contribution in [0.15, 0.2) is 53.1 Å². The number of nitrogens with zero attached hydrogens (tertiary/aromatic N) is 1. The summed E-state index contributed by atoms with van der Waals surface area (Å²) in [4.78, 5) is 27.0. The van der Waals surface area contributed by atoms with Gasteiger partial charge in [-0.05, 0) is 54.2 Å². The van der Waals surface area contributed by atoms with Crippen LogP contribution in [0.25, 0.3) is 16.8 Å². The van der Waals surface area contributed by atoms with E-state index in [2.05, 4.69) is 26.8 Å². The summed E-state index contributed by atoms with van der Waals surface area (Å²) in [5, 5.41) is 12.2. The molecule has 35 heavy (non-hydrogen) atoms. The zero-order chi connectivity index (χ0) is 24.9. The minimum absolute atomic E-state index is 0.00123. The number of ether oxygens (including phenoxy) is 1. The second-order valence-electron chi connectivity index (χ2n) is 10.5. The maximum Gasteiger partial charge on any atom is 0.233 e. The molecule has 5 nitrogen and oxygen atoms in total. The molecule has 1 N–H and O–H groups in total. The summed E-state index contributed by atoms with van der Waals surface area (Å²) in [6, 6.07) is 11.7. The van der Waals surface area contributed by atoms with Crippen molar-refractivity contribution in [3.05, 3.63) is 58.7 Å². The molecule has 2 saturated heterocycles. The van der Waals surface area contributed by atoms with Gasteiger partial charge in [0.05, 0.1) is 24.5 Å². The zero-order valence-corrected chi connectivity index (χ0v) is 21.1. The largest absolute Gasteiger partial charge is 0.507 e. The minimum atomic E-state index is -0.264. The van der Waals surface area contributed by atoms with Crippen molar-refractivity contribution < 1.29 is 19.4 Å². The fraction of sp³-hybridized carbons (Fsp3) is 0.467. The SMILES string of the molecule is CC/C(=C\c1ccc(O)c2ccccc12)CC[C@H]1OC[C@H]2C1=C(C(C)C)C[C@H]1C(=O)N(C)C(=O)[C@H]12. The molecule has 0 bridgehead atoms. The van der Waals surface area contributed by atoms with Crippen molar-refractivity contribution in [3.8, 4) is 5.75 Å². The van der Waals surface area contributed by atoms with Crippen LogP contribution >= 0.6 is 0 Å². The number of amides is 2. The third-order valence-electron chi connectivity index (χ3n) is 8.34. The average Bonchev–Trinajstić information content (AvgIpc) is 3.37. The Bertz CT molecular complexity index is 1240. The Morgan fingerprint density at radius 2 is 1.86 bits per heavy atom. The van der Waals surface area contributed by atoms with Gasteiger partial charge in [0.25, 0.3) is 0 Å². The molecule has 0 aromatic heterocycles. The molecule has 5 heteroatoms. The molecular formula is C30H35NO4. The first-order valence-electron chi connectivity index (χ1n) is 12.9. The lowest BCUT2D eigenvalue weighted by Gasteiger charge is -2.33. The van der Waals surface area contributed by atoms with Crippen LogP contribution in [0, 0.1) is 23.7 Å². The lowest BCUT2D eigenvalue weighted by atomic mass is 9.67. The molecule has 0 spiro atoms. The molecule has 1 aliphatic carbocycles. The molecule has 3 aliphatic rings. The van der Waals surface area contributed by atoms with Crippen molar-refractivity contribution in [2.75, 3.05) is 13.7 Å². The summed E-state index contributed by atoms with van der Waals surface area (Å²) in [5.74, 6) is 0.0921. The minimum Gasteiger partial charge on any atom is -0.507 e. The number of phenols is 1. The molecule has 4 atom stereocenters. The standard InChI is InChI=1S/C30H35NO4/c1-5-18(14-19-11-12-25(32)21-9-7-6-8-20(19)21)10-13-26-27-22(17(2)3)15-23-28(24(27)16-35-26)30(34)31(4)29(23)33/h6-9,11-12,14,17,23-24,26,28,32H,5,10,13,15-16H2,1-4H3/b18-14+/t23-,24+,26-,28-/m1/s1. The Kier molecular flexibility index (Phi) is 6.30. The van der Waals surface area contributed by atoms with Crippen molar-refractivity contribution in [1.29, 1.82) is 0 Å². The Morgan fingerprint density at radius 1 is 1.11 bits per heavy atom. The lowest BCUT2D eigenvalue weighted by Crippen LogP contribution is -2.34. The number of phenolic OH excluding ortho intramolecular Hbond substituents is 1. The van der Waals surface area contributed by atoms with E-state index in [-0.39, 0.29) is 35.7 Å². The highest BCUT2D eigenvalue weighted by Crippen LogP contribution is 2.51. The number of aromatic hydroxyl groups is 1. The first-order chi connectivity index (χ1) is 16.8. The Balaban J connectivity index is 1.41. The summed E-state index contributed by atoms with van der Waals surface area (Å²) in [7, 11) is 1.62. The Morgan fingerprint density at radius 3 is 2.57 bits per heavy atom. The monoisotopic (exact) mass is 473 g/mol. The number of carbonyl (C=O) groups is 2. The van der Waals surface area contributed by atoms with E-state index in [0.717, 1.165) is 35.6 Å².